The minimum absolute atomic E-state index is 0.00443. The molecule has 7 nitrogen and oxygen atoms in total. The Morgan fingerprint density at radius 1 is 1.31 bits per heavy atom. The Morgan fingerprint density at radius 2 is 2.04 bits per heavy atom. The van der Waals surface area contributed by atoms with E-state index in [9.17, 15) is 14.9 Å². The number of amides is 1. The normalized spacial score (nSPS) is 15.4. The molecule has 0 fully saturated rings. The van der Waals surface area contributed by atoms with Crippen LogP contribution >= 0.6 is 11.6 Å². The van der Waals surface area contributed by atoms with Gasteiger partial charge in [-0.15, -0.1) is 0 Å². The molecule has 1 aliphatic heterocycles. The fraction of sp³-hybridized carbons (Fsp3) is 0.278. The van der Waals surface area contributed by atoms with Gasteiger partial charge < -0.3 is 14.4 Å². The molecule has 0 bridgehead atoms. The van der Waals surface area contributed by atoms with E-state index in [0.717, 1.165) is 0 Å². The Kier molecular flexibility index (Phi) is 5.27. The van der Waals surface area contributed by atoms with Gasteiger partial charge in [0.1, 0.15) is 11.6 Å². The van der Waals surface area contributed by atoms with Crippen molar-refractivity contribution in [3.8, 4) is 11.5 Å². The van der Waals surface area contributed by atoms with Crippen LogP contribution in [0.25, 0.3) is 0 Å². The number of para-hydroxylation sites is 2. The molecule has 3 rings (SSSR count). The summed E-state index contributed by atoms with van der Waals surface area (Å²) in [5.74, 6) is 0.982. The van der Waals surface area contributed by atoms with Gasteiger partial charge in [0.15, 0.2) is 17.6 Å². The first-order valence-electron chi connectivity index (χ1n) is 8.11. The third kappa shape index (κ3) is 3.72. The molecule has 1 atom stereocenters. The van der Waals surface area contributed by atoms with Crippen molar-refractivity contribution in [3.63, 3.8) is 0 Å². The molecule has 0 aromatic heterocycles. The monoisotopic (exact) mass is 376 g/mol. The fourth-order valence-corrected chi connectivity index (χ4v) is 2.91. The van der Waals surface area contributed by atoms with Gasteiger partial charge in [0.05, 0.1) is 11.5 Å². The van der Waals surface area contributed by atoms with E-state index in [0.29, 0.717) is 31.2 Å². The summed E-state index contributed by atoms with van der Waals surface area (Å²) in [4.78, 5) is 24.7. The smallest absolute Gasteiger partial charge is 0.288 e. The predicted molar refractivity (Wildman–Crippen MR) is 96.0 cm³/mol. The van der Waals surface area contributed by atoms with E-state index < -0.39 is 4.92 Å². The summed E-state index contributed by atoms with van der Waals surface area (Å²) in [7, 11) is 0. The summed E-state index contributed by atoms with van der Waals surface area (Å²) in [5.41, 5.74) is -0.0835. The summed E-state index contributed by atoms with van der Waals surface area (Å²) < 4.78 is 11.5. The zero-order valence-electron chi connectivity index (χ0n) is 14.1. The van der Waals surface area contributed by atoms with Crippen molar-refractivity contribution in [2.75, 3.05) is 19.7 Å². The molecule has 0 N–H and O–H groups in total. The molecule has 2 aromatic carbocycles. The number of halogens is 1. The first-order valence-corrected chi connectivity index (χ1v) is 8.49. The van der Waals surface area contributed by atoms with Crippen molar-refractivity contribution in [3.05, 3.63) is 63.2 Å². The Hall–Kier alpha value is -2.80. The molecule has 0 saturated heterocycles. The Labute approximate surface area is 155 Å². The molecule has 136 valence electrons. The molecule has 1 aliphatic rings. The molecule has 0 aliphatic carbocycles. The maximum Gasteiger partial charge on any atom is 0.288 e. The lowest BCUT2D eigenvalue weighted by atomic mass is 10.1. The van der Waals surface area contributed by atoms with E-state index in [-0.39, 0.29) is 28.3 Å². The van der Waals surface area contributed by atoms with E-state index in [1.165, 1.54) is 18.2 Å². The number of nitro benzene ring substituents is 1. The zero-order valence-corrected chi connectivity index (χ0v) is 14.8. The molecule has 0 saturated carbocycles. The summed E-state index contributed by atoms with van der Waals surface area (Å²) in [5, 5.41) is 11.0. The van der Waals surface area contributed by atoms with Gasteiger partial charge >= 0.3 is 0 Å². The van der Waals surface area contributed by atoms with Gasteiger partial charge in [-0.3, -0.25) is 14.9 Å². The fourth-order valence-electron chi connectivity index (χ4n) is 2.72. The highest BCUT2D eigenvalue weighted by Gasteiger charge is 2.26. The van der Waals surface area contributed by atoms with Gasteiger partial charge in [0.2, 0.25) is 0 Å². The van der Waals surface area contributed by atoms with Crippen molar-refractivity contribution in [1.29, 1.82) is 0 Å². The number of carbonyl (C=O) groups excluding carboxylic acids is 1. The van der Waals surface area contributed by atoms with Crippen LogP contribution in [-0.4, -0.2) is 41.5 Å². The second kappa shape index (κ2) is 7.61. The van der Waals surface area contributed by atoms with Crippen molar-refractivity contribution in [2.45, 2.75) is 13.0 Å². The lowest BCUT2D eigenvalue weighted by Gasteiger charge is -2.31. The third-order valence-corrected chi connectivity index (χ3v) is 4.37. The van der Waals surface area contributed by atoms with Crippen LogP contribution in [0.2, 0.25) is 5.02 Å². The second-order valence-corrected chi connectivity index (χ2v) is 6.17. The number of hydrogen-bond donors (Lipinski definition) is 0. The topological polar surface area (TPSA) is 81.9 Å². The highest BCUT2D eigenvalue weighted by atomic mass is 35.5. The number of hydrogen-bond acceptors (Lipinski definition) is 5. The maximum absolute atomic E-state index is 12.7. The van der Waals surface area contributed by atoms with Crippen LogP contribution in [-0.2, 0) is 0 Å². The average Bonchev–Trinajstić information content (AvgIpc) is 2.65. The minimum atomic E-state index is -0.607. The van der Waals surface area contributed by atoms with Crippen LogP contribution in [0.4, 0.5) is 5.69 Å². The van der Waals surface area contributed by atoms with Gasteiger partial charge in [-0.1, -0.05) is 23.7 Å². The number of fused-ring (bicyclic) bond motifs is 1. The summed E-state index contributed by atoms with van der Waals surface area (Å²) in [6.45, 7) is 2.89. The van der Waals surface area contributed by atoms with Crippen molar-refractivity contribution < 1.29 is 19.2 Å². The summed E-state index contributed by atoms with van der Waals surface area (Å²) in [6.07, 6.45) is -0.323. The Morgan fingerprint density at radius 3 is 2.73 bits per heavy atom. The highest BCUT2D eigenvalue weighted by molar-refractivity contribution is 6.32. The van der Waals surface area contributed by atoms with Crippen LogP contribution in [0.1, 0.15) is 17.3 Å². The molecule has 1 heterocycles. The van der Waals surface area contributed by atoms with Crippen LogP contribution in [0.3, 0.4) is 0 Å². The SMILES string of the molecule is CCN(C[C@@H]1COc2ccccc2O1)C(=O)c1ccc(Cl)c([N+](=O)[O-])c1. The standard InChI is InChI=1S/C18H17ClN2O5/c1-2-20(10-13-11-25-16-5-3-4-6-17(16)26-13)18(22)12-7-8-14(19)15(9-12)21(23)24/h3-9,13H,2,10-11H2,1H3/t13-/m1/s1. The first kappa shape index (κ1) is 18.0. The molecular formula is C18H17ClN2O5. The van der Waals surface area contributed by atoms with Crippen LogP contribution in [0, 0.1) is 10.1 Å². The van der Waals surface area contributed by atoms with Crippen LogP contribution in [0.5, 0.6) is 11.5 Å². The van der Waals surface area contributed by atoms with E-state index >= 15 is 0 Å². The second-order valence-electron chi connectivity index (χ2n) is 5.76. The number of rotatable bonds is 5. The van der Waals surface area contributed by atoms with E-state index in [1.54, 1.807) is 4.90 Å². The maximum atomic E-state index is 12.7. The zero-order chi connectivity index (χ0) is 18.7. The molecule has 0 spiro atoms. The number of nitrogens with zero attached hydrogens (tertiary/aromatic N) is 2. The molecule has 26 heavy (non-hydrogen) atoms. The largest absolute Gasteiger partial charge is 0.486 e. The molecule has 0 radical (unpaired) electrons. The number of nitro groups is 1. The summed E-state index contributed by atoms with van der Waals surface area (Å²) >= 11 is 5.81. The van der Waals surface area contributed by atoms with Crippen molar-refractivity contribution in [2.24, 2.45) is 0 Å². The minimum Gasteiger partial charge on any atom is -0.486 e. The number of benzene rings is 2. The average molecular weight is 377 g/mol. The molecule has 8 heteroatoms. The van der Waals surface area contributed by atoms with Crippen LogP contribution in [0.15, 0.2) is 42.5 Å². The van der Waals surface area contributed by atoms with Gasteiger partial charge in [-0.05, 0) is 31.2 Å². The number of carbonyl (C=O) groups is 1. The quantitative estimate of drug-likeness (QED) is 0.588. The third-order valence-electron chi connectivity index (χ3n) is 4.05. The number of ether oxygens (including phenoxy) is 2. The highest BCUT2D eigenvalue weighted by Crippen LogP contribution is 2.31. The van der Waals surface area contributed by atoms with Gasteiger partial charge in [-0.25, -0.2) is 0 Å². The van der Waals surface area contributed by atoms with Gasteiger partial charge in [0.25, 0.3) is 11.6 Å². The summed E-state index contributed by atoms with van der Waals surface area (Å²) in [6, 6.07) is 11.4. The first-order chi connectivity index (χ1) is 12.5. The Bertz CT molecular complexity index is 842. The van der Waals surface area contributed by atoms with E-state index in [2.05, 4.69) is 0 Å². The van der Waals surface area contributed by atoms with Gasteiger partial charge in [0, 0.05) is 18.2 Å². The van der Waals surface area contributed by atoms with Crippen molar-refractivity contribution >= 4 is 23.2 Å². The van der Waals surface area contributed by atoms with Crippen LogP contribution < -0.4 is 9.47 Å². The number of likely N-dealkylation sites (N-methyl/N-ethyl adjacent to an activating group) is 1. The lowest BCUT2D eigenvalue weighted by molar-refractivity contribution is -0.384. The van der Waals surface area contributed by atoms with Gasteiger partial charge in [-0.2, -0.15) is 0 Å². The van der Waals surface area contributed by atoms with Crippen molar-refractivity contribution in [1.82, 2.24) is 4.90 Å². The molecular weight excluding hydrogens is 360 g/mol. The molecule has 2 aromatic rings. The Balaban J connectivity index is 1.74. The lowest BCUT2D eigenvalue weighted by Crippen LogP contribution is -2.43. The van der Waals surface area contributed by atoms with E-state index in [4.69, 9.17) is 21.1 Å². The van der Waals surface area contributed by atoms with E-state index in [1.807, 2.05) is 31.2 Å². The molecule has 0 unspecified atom stereocenters. The molecule has 1 amide bonds. The predicted octanol–water partition coefficient (Wildman–Crippen LogP) is 3.55.